The molecule has 0 bridgehead atoms. The number of carbonyl (C=O) groups is 1. The summed E-state index contributed by atoms with van der Waals surface area (Å²) in [5.41, 5.74) is 0.160. The van der Waals surface area contributed by atoms with Crippen LogP contribution in [-0.4, -0.2) is 33.6 Å². The Morgan fingerprint density at radius 2 is 2.28 bits per heavy atom. The Labute approximate surface area is 159 Å². The fourth-order valence-electron chi connectivity index (χ4n) is 3.04. The van der Waals surface area contributed by atoms with Gasteiger partial charge in [-0.15, -0.1) is 0 Å². The molecule has 2 aromatic rings. The fraction of sp³-hybridized carbons (Fsp3) is 0.438. The summed E-state index contributed by atoms with van der Waals surface area (Å²) >= 11 is 9.35. The molecule has 1 N–H and O–H groups in total. The lowest BCUT2D eigenvalue weighted by atomic mass is 9.99. The van der Waals surface area contributed by atoms with Gasteiger partial charge in [0, 0.05) is 16.9 Å². The Balaban J connectivity index is 1.79. The minimum absolute atomic E-state index is 0.0553. The van der Waals surface area contributed by atoms with Gasteiger partial charge in [0.2, 0.25) is 0 Å². The molecule has 1 saturated heterocycles. The number of fused-ring (bicyclic) bond motifs is 1. The number of piperidine rings is 1. The van der Waals surface area contributed by atoms with E-state index in [0.717, 1.165) is 19.4 Å². The maximum absolute atomic E-state index is 12.6. The van der Waals surface area contributed by atoms with Crippen LogP contribution in [0, 0.1) is 0 Å². The number of hydrogen-bond acceptors (Lipinski definition) is 5. The van der Waals surface area contributed by atoms with E-state index in [4.69, 9.17) is 11.6 Å². The third-order valence-corrected chi connectivity index (χ3v) is 6.43. The third-order valence-electron chi connectivity index (χ3n) is 4.34. The molecular weight excluding hydrogens is 429 g/mol. The van der Waals surface area contributed by atoms with Gasteiger partial charge in [-0.25, -0.2) is 4.98 Å². The summed E-state index contributed by atoms with van der Waals surface area (Å²) in [6.07, 6.45) is 3.40. The lowest BCUT2D eigenvalue weighted by Crippen LogP contribution is -2.44. The van der Waals surface area contributed by atoms with Crippen molar-refractivity contribution in [1.82, 2.24) is 14.9 Å². The van der Waals surface area contributed by atoms with Crippen LogP contribution in [0.3, 0.4) is 0 Å². The molecule has 0 amide bonds. The number of nitrogens with zero attached hydrogens (tertiary/aromatic N) is 2. The monoisotopic (exact) mass is 443 g/mol. The lowest BCUT2D eigenvalue weighted by Gasteiger charge is -2.27. The van der Waals surface area contributed by atoms with Crippen molar-refractivity contribution in [2.45, 2.75) is 37.5 Å². The first-order valence-electron chi connectivity index (χ1n) is 7.91. The van der Waals surface area contributed by atoms with E-state index in [1.807, 2.05) is 0 Å². The van der Waals surface area contributed by atoms with Crippen molar-refractivity contribution in [3.05, 3.63) is 38.3 Å². The normalized spacial score (nSPS) is 20.9. The van der Waals surface area contributed by atoms with Crippen LogP contribution in [0.25, 0.3) is 10.9 Å². The van der Waals surface area contributed by atoms with Gasteiger partial charge >= 0.3 is 0 Å². The number of halogens is 2. The maximum atomic E-state index is 12.6. The van der Waals surface area contributed by atoms with E-state index in [2.05, 4.69) is 26.2 Å². The van der Waals surface area contributed by atoms with Gasteiger partial charge in [0.15, 0.2) is 14.2 Å². The molecular formula is C16H16BrClN3O3P. The van der Waals surface area contributed by atoms with Gasteiger partial charge < -0.3 is 5.32 Å². The molecule has 6 nitrogen and oxygen atoms in total. The minimum atomic E-state index is -0.303. The van der Waals surface area contributed by atoms with Crippen LogP contribution in [0.4, 0.5) is 0 Å². The summed E-state index contributed by atoms with van der Waals surface area (Å²) in [5, 5.41) is 4.03. The molecule has 25 heavy (non-hydrogen) atoms. The highest BCUT2D eigenvalue weighted by atomic mass is 79.9. The van der Waals surface area contributed by atoms with Crippen molar-refractivity contribution in [3.63, 3.8) is 0 Å². The van der Waals surface area contributed by atoms with Crippen LogP contribution < -0.4 is 10.9 Å². The van der Waals surface area contributed by atoms with E-state index < -0.39 is 0 Å². The van der Waals surface area contributed by atoms with Gasteiger partial charge in [0.25, 0.3) is 5.56 Å². The van der Waals surface area contributed by atoms with Crippen molar-refractivity contribution < 1.29 is 9.36 Å². The van der Waals surface area contributed by atoms with Crippen molar-refractivity contribution in [3.8, 4) is 0 Å². The summed E-state index contributed by atoms with van der Waals surface area (Å²) in [4.78, 5) is 29.2. The molecule has 2 atom stereocenters. The number of ketones is 1. The zero-order valence-electron chi connectivity index (χ0n) is 13.2. The number of nitrogens with one attached hydrogen (secondary N) is 1. The van der Waals surface area contributed by atoms with Crippen molar-refractivity contribution in [2.75, 3.05) is 6.54 Å². The zero-order valence-corrected chi connectivity index (χ0v) is 16.5. The van der Waals surface area contributed by atoms with Crippen LogP contribution in [-0.2, 0) is 15.9 Å². The predicted molar refractivity (Wildman–Crippen MR) is 101 cm³/mol. The first kappa shape index (κ1) is 18.6. The highest BCUT2D eigenvalue weighted by Gasteiger charge is 2.27. The Kier molecular flexibility index (Phi) is 6.00. The number of carbonyl (C=O) groups excluding carboxylic acids is 1. The van der Waals surface area contributed by atoms with Crippen LogP contribution in [0.1, 0.15) is 19.3 Å². The van der Waals surface area contributed by atoms with E-state index in [9.17, 15) is 14.2 Å². The molecule has 0 saturated carbocycles. The third kappa shape index (κ3) is 4.17. The average Bonchev–Trinajstić information content (AvgIpc) is 2.60. The SMILES string of the molecule is O=P[C@H]1CCCN[C@@H]1CC(=O)Cn1cnc2cc(Br)c(Cl)cc2c1=O. The standard InChI is InChI=1S/C16H16BrClN3O3P/c17-11-6-13-10(5-12(11)18)16(23)21(8-20-13)7-9(22)4-14-15(25-24)2-1-3-19-14/h5-6,8,14-15,19H,1-4,7H2/t14-,15+/m1/s1. The summed E-state index contributed by atoms with van der Waals surface area (Å²) < 4.78 is 13.2. The largest absolute Gasteiger partial charge is 0.312 e. The quantitative estimate of drug-likeness (QED) is 0.717. The summed E-state index contributed by atoms with van der Waals surface area (Å²) in [7, 11) is 0.0586. The lowest BCUT2D eigenvalue weighted by molar-refractivity contribution is -0.120. The molecule has 2 heterocycles. The molecule has 1 aliphatic heterocycles. The Morgan fingerprint density at radius 1 is 1.48 bits per heavy atom. The molecule has 0 unspecified atom stereocenters. The van der Waals surface area contributed by atoms with Gasteiger partial charge in [-0.2, -0.15) is 0 Å². The van der Waals surface area contributed by atoms with Gasteiger partial charge in [-0.05, 0) is 47.4 Å². The molecule has 3 rings (SSSR count). The van der Waals surface area contributed by atoms with Crippen LogP contribution >= 0.6 is 36.0 Å². The highest BCUT2D eigenvalue weighted by molar-refractivity contribution is 9.10. The molecule has 0 spiro atoms. The van der Waals surface area contributed by atoms with E-state index in [0.29, 0.717) is 20.4 Å². The van der Waals surface area contributed by atoms with Gasteiger partial charge in [-0.1, -0.05) is 11.6 Å². The number of Topliss-reactive ketones (excluding diaryl/α,β-unsaturated/α-hetero) is 1. The predicted octanol–water partition coefficient (Wildman–Crippen LogP) is 3.18. The second-order valence-electron chi connectivity index (χ2n) is 6.08. The van der Waals surface area contributed by atoms with Crippen LogP contribution in [0.15, 0.2) is 27.7 Å². The first-order chi connectivity index (χ1) is 12.0. The second-order valence-corrected chi connectivity index (χ2v) is 8.22. The van der Waals surface area contributed by atoms with Crippen molar-refractivity contribution in [1.29, 1.82) is 0 Å². The van der Waals surface area contributed by atoms with Crippen LogP contribution in [0.2, 0.25) is 5.02 Å². The number of rotatable bonds is 5. The molecule has 1 aromatic carbocycles. The van der Waals surface area contributed by atoms with Crippen molar-refractivity contribution >= 4 is 52.7 Å². The fourth-order valence-corrected chi connectivity index (χ4v) is 4.18. The van der Waals surface area contributed by atoms with E-state index in [-0.39, 0.29) is 44.5 Å². The topological polar surface area (TPSA) is 81.1 Å². The van der Waals surface area contributed by atoms with Gasteiger partial charge in [0.1, 0.15) is 0 Å². The Morgan fingerprint density at radius 3 is 3.04 bits per heavy atom. The number of benzene rings is 1. The minimum Gasteiger partial charge on any atom is -0.312 e. The number of hydrogen-bond donors (Lipinski definition) is 1. The molecule has 9 heteroatoms. The zero-order chi connectivity index (χ0) is 18.0. The van der Waals surface area contributed by atoms with Crippen molar-refractivity contribution in [2.24, 2.45) is 0 Å². The molecule has 0 radical (unpaired) electrons. The Hall–Kier alpha value is -1.14. The summed E-state index contributed by atoms with van der Waals surface area (Å²) in [5.74, 6) is -0.0977. The molecule has 0 aliphatic carbocycles. The molecule has 1 fully saturated rings. The first-order valence-corrected chi connectivity index (χ1v) is 9.96. The molecule has 1 aliphatic rings. The highest BCUT2D eigenvalue weighted by Crippen LogP contribution is 2.26. The Bertz CT molecular complexity index is 889. The maximum Gasteiger partial charge on any atom is 0.261 e. The van der Waals surface area contributed by atoms with Gasteiger partial charge in [-0.3, -0.25) is 18.7 Å². The van der Waals surface area contributed by atoms with Crippen LogP contribution in [0.5, 0.6) is 0 Å². The summed E-state index contributed by atoms with van der Waals surface area (Å²) in [6.45, 7) is 0.755. The van der Waals surface area contributed by atoms with E-state index in [1.54, 1.807) is 12.1 Å². The molecule has 132 valence electrons. The smallest absolute Gasteiger partial charge is 0.261 e. The van der Waals surface area contributed by atoms with E-state index in [1.165, 1.54) is 10.9 Å². The summed E-state index contributed by atoms with van der Waals surface area (Å²) in [6, 6.07) is 3.11. The average molecular weight is 445 g/mol. The number of aromatic nitrogens is 2. The van der Waals surface area contributed by atoms with E-state index >= 15 is 0 Å². The van der Waals surface area contributed by atoms with Gasteiger partial charge in [0.05, 0.1) is 34.5 Å². The second kappa shape index (κ2) is 8.04. The molecule has 1 aromatic heterocycles.